The van der Waals surface area contributed by atoms with Crippen molar-refractivity contribution in [2.75, 3.05) is 5.32 Å². The fourth-order valence-electron chi connectivity index (χ4n) is 2.61. The summed E-state index contributed by atoms with van der Waals surface area (Å²) in [6.45, 7) is 7.78. The van der Waals surface area contributed by atoms with E-state index in [1.54, 1.807) is 30.7 Å². The van der Waals surface area contributed by atoms with Gasteiger partial charge >= 0.3 is 0 Å². The smallest absolute Gasteiger partial charge is 0.103 e. The summed E-state index contributed by atoms with van der Waals surface area (Å²) < 4.78 is 0. The Morgan fingerprint density at radius 2 is 2.11 bits per heavy atom. The average molecular weight is 390 g/mol. The molecule has 142 valence electrons. The molecular formula is C23H23N3OS. The third-order valence-electron chi connectivity index (χ3n) is 4.11. The van der Waals surface area contributed by atoms with Gasteiger partial charge in [-0.05, 0) is 61.4 Å². The number of aliphatic hydroxyl groups is 1. The lowest BCUT2D eigenvalue weighted by atomic mass is 10.1. The van der Waals surface area contributed by atoms with E-state index in [9.17, 15) is 5.11 Å². The van der Waals surface area contributed by atoms with Crippen molar-refractivity contribution in [3.05, 3.63) is 90.2 Å². The van der Waals surface area contributed by atoms with Crippen molar-refractivity contribution < 1.29 is 5.11 Å². The van der Waals surface area contributed by atoms with Crippen LogP contribution in [0.25, 0.3) is 16.0 Å². The number of hydrogen-bond acceptors (Lipinski definition) is 4. The molecule has 0 aliphatic heterocycles. The Morgan fingerprint density at radius 1 is 1.25 bits per heavy atom. The van der Waals surface area contributed by atoms with Crippen LogP contribution in [0.1, 0.15) is 30.4 Å². The number of aliphatic hydroxyl groups excluding tert-OH is 1. The number of amidine groups is 1. The predicted octanol–water partition coefficient (Wildman–Crippen LogP) is 5.92. The summed E-state index contributed by atoms with van der Waals surface area (Å²) >= 11 is 1.68. The third-order valence-corrected chi connectivity index (χ3v) is 5.32. The highest BCUT2D eigenvalue weighted by Gasteiger charge is 2.04. The molecule has 1 unspecified atom stereocenters. The second-order valence-corrected chi connectivity index (χ2v) is 7.47. The van der Waals surface area contributed by atoms with Crippen molar-refractivity contribution in [3.63, 3.8) is 0 Å². The van der Waals surface area contributed by atoms with E-state index in [1.165, 1.54) is 0 Å². The number of benzene rings is 1. The van der Waals surface area contributed by atoms with Gasteiger partial charge in [0.1, 0.15) is 5.84 Å². The molecule has 0 spiro atoms. The van der Waals surface area contributed by atoms with Crippen molar-refractivity contribution in [1.82, 2.24) is 4.98 Å². The number of pyridine rings is 1. The van der Waals surface area contributed by atoms with Crippen molar-refractivity contribution in [3.8, 4) is 10.4 Å². The minimum absolute atomic E-state index is 0.496. The van der Waals surface area contributed by atoms with Crippen LogP contribution in [0.3, 0.4) is 0 Å². The first-order chi connectivity index (χ1) is 13.5. The summed E-state index contributed by atoms with van der Waals surface area (Å²) in [6, 6.07) is 15.8. The van der Waals surface area contributed by atoms with Gasteiger partial charge in [-0.1, -0.05) is 24.8 Å². The minimum atomic E-state index is -0.496. The maximum atomic E-state index is 9.69. The van der Waals surface area contributed by atoms with Crippen LogP contribution in [0.5, 0.6) is 0 Å². The summed E-state index contributed by atoms with van der Waals surface area (Å²) in [5.74, 6) is 0.758. The number of allylic oxidation sites excluding steroid dienone is 2. The van der Waals surface area contributed by atoms with Crippen molar-refractivity contribution in [2.45, 2.75) is 20.0 Å². The number of nitrogens with one attached hydrogen (secondary N) is 1. The van der Waals surface area contributed by atoms with Gasteiger partial charge in [0.2, 0.25) is 0 Å². The highest BCUT2D eigenvalue weighted by Crippen LogP contribution is 2.31. The first-order valence-electron chi connectivity index (χ1n) is 8.98. The Kier molecular flexibility index (Phi) is 6.53. The maximum absolute atomic E-state index is 9.69. The van der Waals surface area contributed by atoms with Gasteiger partial charge in [-0.2, -0.15) is 0 Å². The lowest BCUT2D eigenvalue weighted by Crippen LogP contribution is -2.07. The quantitative estimate of drug-likeness (QED) is 0.312. The monoisotopic (exact) mass is 389 g/mol. The topological polar surface area (TPSA) is 57.5 Å². The second-order valence-electron chi connectivity index (χ2n) is 6.39. The van der Waals surface area contributed by atoms with Crippen LogP contribution in [0.2, 0.25) is 0 Å². The van der Waals surface area contributed by atoms with Gasteiger partial charge in [0.25, 0.3) is 0 Å². The Labute approximate surface area is 169 Å². The van der Waals surface area contributed by atoms with Gasteiger partial charge in [0.05, 0.1) is 6.10 Å². The van der Waals surface area contributed by atoms with E-state index in [0.717, 1.165) is 38.0 Å². The molecule has 0 aliphatic carbocycles. The molecule has 28 heavy (non-hydrogen) atoms. The van der Waals surface area contributed by atoms with Crippen LogP contribution in [0.4, 0.5) is 5.69 Å². The van der Waals surface area contributed by atoms with Crippen LogP contribution in [-0.2, 0) is 0 Å². The van der Waals surface area contributed by atoms with E-state index < -0.39 is 6.10 Å². The molecule has 1 aromatic carbocycles. The van der Waals surface area contributed by atoms with Crippen molar-refractivity contribution in [2.24, 2.45) is 4.99 Å². The van der Waals surface area contributed by atoms with Gasteiger partial charge in [-0.15, -0.1) is 11.3 Å². The molecule has 2 heterocycles. The molecule has 0 bridgehead atoms. The number of nitrogens with zero attached hydrogens (tertiary/aromatic N) is 2. The number of aromatic nitrogens is 1. The minimum Gasteiger partial charge on any atom is -0.389 e. The zero-order valence-corrected chi connectivity index (χ0v) is 16.8. The summed E-state index contributed by atoms with van der Waals surface area (Å²) in [6.07, 6.45) is 6.78. The molecule has 0 saturated heterocycles. The molecule has 5 heteroatoms. The highest BCUT2D eigenvalue weighted by molar-refractivity contribution is 7.16. The van der Waals surface area contributed by atoms with Crippen LogP contribution < -0.4 is 5.32 Å². The first-order valence-corrected chi connectivity index (χ1v) is 9.80. The number of thiophene rings is 1. The summed E-state index contributed by atoms with van der Waals surface area (Å²) in [5.41, 5.74) is 3.77. The molecule has 0 fully saturated rings. The van der Waals surface area contributed by atoms with Crippen molar-refractivity contribution in [1.29, 1.82) is 0 Å². The lowest BCUT2D eigenvalue weighted by molar-refractivity contribution is 0.199. The van der Waals surface area contributed by atoms with E-state index in [2.05, 4.69) is 34.0 Å². The van der Waals surface area contributed by atoms with Gasteiger partial charge < -0.3 is 10.4 Å². The summed E-state index contributed by atoms with van der Waals surface area (Å²) in [7, 11) is 0. The standard InChI is InChI=1S/C23H23N3OS/c1-16(22-9-10-23(28-22)20-7-5-12-24-15-20)11-13-25-18(3)26-21-8-4-6-19(14-21)17(2)27/h4-15,17,27H,1H2,2-3H3,(H,25,26)/b13-11-. The Bertz CT molecular complexity index is 1000. The third kappa shape index (κ3) is 5.25. The molecule has 4 nitrogen and oxygen atoms in total. The molecule has 0 saturated carbocycles. The number of aliphatic imine (C=N–C) groups is 1. The van der Waals surface area contributed by atoms with Crippen molar-refractivity contribution >= 4 is 28.4 Å². The van der Waals surface area contributed by atoms with Crippen LogP contribution in [0.15, 0.2) is 84.8 Å². The van der Waals surface area contributed by atoms with E-state index in [4.69, 9.17) is 0 Å². The fourth-order valence-corrected chi connectivity index (χ4v) is 3.56. The molecule has 0 radical (unpaired) electrons. The second kappa shape index (κ2) is 9.26. The Balaban J connectivity index is 1.62. The van der Waals surface area contributed by atoms with Gasteiger partial charge in [-0.25, -0.2) is 4.99 Å². The lowest BCUT2D eigenvalue weighted by Gasteiger charge is -2.09. The SMILES string of the molecule is C=C(/C=C\N=C(C)Nc1cccc(C(C)O)c1)c1ccc(-c2cccnc2)s1. The zero-order chi connectivity index (χ0) is 19.9. The van der Waals surface area contributed by atoms with Crippen LogP contribution in [-0.4, -0.2) is 15.9 Å². The molecule has 0 aliphatic rings. The van der Waals surface area contributed by atoms with Crippen LogP contribution >= 0.6 is 11.3 Å². The predicted molar refractivity (Wildman–Crippen MR) is 120 cm³/mol. The number of hydrogen-bond donors (Lipinski definition) is 2. The molecule has 1 atom stereocenters. The highest BCUT2D eigenvalue weighted by atomic mass is 32.1. The Morgan fingerprint density at radius 3 is 2.86 bits per heavy atom. The molecular weight excluding hydrogens is 366 g/mol. The molecule has 2 aromatic heterocycles. The number of rotatable bonds is 6. The summed E-state index contributed by atoms with van der Waals surface area (Å²) in [5, 5.41) is 12.9. The zero-order valence-electron chi connectivity index (χ0n) is 16.0. The van der Waals surface area contributed by atoms with E-state index in [-0.39, 0.29) is 0 Å². The summed E-state index contributed by atoms with van der Waals surface area (Å²) in [4.78, 5) is 10.8. The molecule has 3 rings (SSSR count). The molecule has 0 amide bonds. The van der Waals surface area contributed by atoms with E-state index in [1.807, 2.05) is 55.6 Å². The van der Waals surface area contributed by atoms with Crippen LogP contribution in [0, 0.1) is 0 Å². The first kappa shape index (κ1) is 19.7. The molecule has 2 N–H and O–H groups in total. The maximum Gasteiger partial charge on any atom is 0.103 e. The average Bonchev–Trinajstić information content (AvgIpc) is 3.19. The van der Waals surface area contributed by atoms with E-state index >= 15 is 0 Å². The molecule has 3 aromatic rings. The van der Waals surface area contributed by atoms with Gasteiger partial charge in [0.15, 0.2) is 0 Å². The Hall–Kier alpha value is -3.02. The normalized spacial score (nSPS) is 12.9. The van der Waals surface area contributed by atoms with E-state index in [0.29, 0.717) is 0 Å². The van der Waals surface area contributed by atoms with Gasteiger partial charge in [0, 0.05) is 39.6 Å². The fraction of sp³-hybridized carbons (Fsp3) is 0.130. The largest absolute Gasteiger partial charge is 0.389 e. The van der Waals surface area contributed by atoms with Gasteiger partial charge in [-0.3, -0.25) is 4.98 Å². The number of anilines is 1.